The maximum atomic E-state index is 11.2. The average Bonchev–Trinajstić information content (AvgIpc) is 2.59. The van der Waals surface area contributed by atoms with Gasteiger partial charge in [-0.05, 0) is 17.2 Å². The Labute approximate surface area is 135 Å². The maximum absolute atomic E-state index is 11.2. The van der Waals surface area contributed by atoms with Crippen molar-refractivity contribution in [3.05, 3.63) is 77.5 Å². The van der Waals surface area contributed by atoms with Gasteiger partial charge in [0, 0.05) is 5.75 Å². The molecule has 0 saturated carbocycles. The zero-order valence-corrected chi connectivity index (χ0v) is 13.3. The van der Waals surface area contributed by atoms with Gasteiger partial charge in [0.05, 0.1) is 18.4 Å². The number of carbonyl (C=O) groups is 1. The predicted molar refractivity (Wildman–Crippen MR) is 93.4 cm³/mol. The molecule has 112 valence electrons. The number of hydrogen-bond acceptors (Lipinski definition) is 3. The molecule has 0 atom stereocenters. The molecule has 22 heavy (non-hydrogen) atoms. The molecule has 2 aromatic rings. The molecule has 0 fully saturated rings. The van der Waals surface area contributed by atoms with Gasteiger partial charge in [-0.25, -0.2) is 0 Å². The lowest BCUT2D eigenvalue weighted by Gasteiger charge is -2.04. The maximum Gasteiger partial charge on any atom is 0.306 e. The molecule has 2 aromatic carbocycles. The van der Waals surface area contributed by atoms with E-state index in [1.54, 1.807) is 11.8 Å². The summed E-state index contributed by atoms with van der Waals surface area (Å²) < 4.78 is 4.68. The van der Waals surface area contributed by atoms with Crippen LogP contribution in [-0.4, -0.2) is 18.8 Å². The van der Waals surface area contributed by atoms with E-state index in [1.807, 2.05) is 66.7 Å². The van der Waals surface area contributed by atoms with Gasteiger partial charge < -0.3 is 4.74 Å². The second kappa shape index (κ2) is 8.93. The van der Waals surface area contributed by atoms with Gasteiger partial charge in [0.2, 0.25) is 0 Å². The van der Waals surface area contributed by atoms with E-state index in [9.17, 15) is 4.79 Å². The number of esters is 1. The number of thioether (sulfide) groups is 1. The van der Waals surface area contributed by atoms with Crippen LogP contribution >= 0.6 is 11.8 Å². The van der Waals surface area contributed by atoms with Gasteiger partial charge in [-0.15, -0.1) is 17.5 Å². The summed E-state index contributed by atoms with van der Waals surface area (Å²) in [6.07, 6.45) is 2.36. The van der Waals surface area contributed by atoms with E-state index in [2.05, 4.69) is 10.5 Å². The first-order chi connectivity index (χ1) is 10.8. The van der Waals surface area contributed by atoms with Crippen LogP contribution in [0, 0.1) is 0 Å². The summed E-state index contributed by atoms with van der Waals surface area (Å²) in [4.78, 5) is 12.3. The topological polar surface area (TPSA) is 26.3 Å². The van der Waals surface area contributed by atoms with Crippen LogP contribution in [-0.2, 0) is 9.53 Å². The van der Waals surface area contributed by atoms with Crippen LogP contribution in [0.1, 0.15) is 17.5 Å². The van der Waals surface area contributed by atoms with Crippen molar-refractivity contribution in [2.45, 2.75) is 6.42 Å². The van der Waals surface area contributed by atoms with Crippen LogP contribution < -0.4 is 0 Å². The third-order valence-corrected chi connectivity index (χ3v) is 4.04. The molecule has 0 heterocycles. The third kappa shape index (κ3) is 5.28. The largest absolute Gasteiger partial charge is 0.469 e. The molecule has 0 aromatic heterocycles. The van der Waals surface area contributed by atoms with Gasteiger partial charge in [-0.1, -0.05) is 60.7 Å². The highest BCUT2D eigenvalue weighted by molar-refractivity contribution is 8.08. The second-order valence-electron chi connectivity index (χ2n) is 4.57. The predicted octanol–water partition coefficient (Wildman–Crippen LogP) is 4.64. The number of ether oxygens (including phenoxy) is 1. The molecule has 0 radical (unpaired) electrons. The number of carbonyl (C=O) groups excluding carboxylic acids is 1. The van der Waals surface area contributed by atoms with Crippen LogP contribution in [0.15, 0.2) is 66.4 Å². The Morgan fingerprint density at radius 3 is 2.36 bits per heavy atom. The van der Waals surface area contributed by atoms with E-state index in [4.69, 9.17) is 0 Å². The van der Waals surface area contributed by atoms with Gasteiger partial charge in [-0.3, -0.25) is 4.79 Å². The molecule has 2 rings (SSSR count). The molecule has 0 bridgehead atoms. The Balaban J connectivity index is 2.18. The quantitative estimate of drug-likeness (QED) is 0.574. The number of rotatable bonds is 6. The van der Waals surface area contributed by atoms with Crippen molar-refractivity contribution < 1.29 is 9.53 Å². The van der Waals surface area contributed by atoms with Crippen molar-refractivity contribution in [3.8, 4) is 0 Å². The molecule has 0 amide bonds. The molecule has 0 spiro atoms. The van der Waals surface area contributed by atoms with Crippen LogP contribution in [0.4, 0.5) is 0 Å². The first-order valence-corrected chi connectivity index (χ1v) is 8.05. The van der Waals surface area contributed by atoms with Crippen molar-refractivity contribution in [3.63, 3.8) is 0 Å². The number of methoxy groups -OCH3 is 1. The monoisotopic (exact) mass is 310 g/mol. The van der Waals surface area contributed by atoms with Gasteiger partial charge in [0.15, 0.2) is 0 Å². The van der Waals surface area contributed by atoms with Crippen molar-refractivity contribution in [1.29, 1.82) is 0 Å². The summed E-state index contributed by atoms with van der Waals surface area (Å²) in [5.74, 6) is 0.485. The first kappa shape index (κ1) is 16.2. The van der Waals surface area contributed by atoms with Crippen LogP contribution in [0.5, 0.6) is 0 Å². The molecular weight excluding hydrogens is 292 g/mol. The molecule has 2 nitrogen and oxygen atoms in total. The summed E-state index contributed by atoms with van der Waals surface area (Å²) in [5, 5.41) is 0. The molecule has 0 saturated heterocycles. The lowest BCUT2D eigenvalue weighted by Crippen LogP contribution is -2.01. The van der Waals surface area contributed by atoms with Gasteiger partial charge in [0.1, 0.15) is 0 Å². The number of hydrogen-bond donors (Lipinski definition) is 0. The van der Waals surface area contributed by atoms with E-state index in [0.29, 0.717) is 12.2 Å². The lowest BCUT2D eigenvalue weighted by atomic mass is 10.2. The van der Waals surface area contributed by atoms with Gasteiger partial charge in [0.25, 0.3) is 0 Å². The van der Waals surface area contributed by atoms with Crippen molar-refractivity contribution in [2.75, 3.05) is 12.9 Å². The molecule has 0 aliphatic carbocycles. The second-order valence-corrected chi connectivity index (χ2v) is 5.67. The highest BCUT2D eigenvalue weighted by Gasteiger charge is 2.04. The smallest absolute Gasteiger partial charge is 0.306 e. The minimum absolute atomic E-state index is 0.188. The summed E-state index contributed by atoms with van der Waals surface area (Å²) in [5.41, 5.74) is 5.55. The van der Waals surface area contributed by atoms with E-state index in [-0.39, 0.29) is 5.97 Å². The van der Waals surface area contributed by atoms with Crippen LogP contribution in [0.2, 0.25) is 0 Å². The first-order valence-electron chi connectivity index (χ1n) is 7.06. The summed E-state index contributed by atoms with van der Waals surface area (Å²) in [7, 11) is 1.41. The minimum atomic E-state index is -0.188. The third-order valence-electron chi connectivity index (χ3n) is 2.99. The fourth-order valence-electron chi connectivity index (χ4n) is 1.83. The summed E-state index contributed by atoms with van der Waals surface area (Å²) in [6.45, 7) is 0. The van der Waals surface area contributed by atoms with Crippen molar-refractivity contribution in [2.24, 2.45) is 0 Å². The fraction of sp³-hybridized carbons (Fsp3) is 0.158. The van der Waals surface area contributed by atoms with Crippen molar-refractivity contribution >= 4 is 28.7 Å². The SMILES string of the molecule is COC(=O)CCSC(=C=Cc1ccccc1)c1ccccc1. The van der Waals surface area contributed by atoms with E-state index < -0.39 is 0 Å². The van der Waals surface area contributed by atoms with E-state index in [0.717, 1.165) is 16.0 Å². The number of benzene rings is 2. The fourth-order valence-corrected chi connectivity index (χ4v) is 2.75. The molecule has 3 heteroatoms. The standard InChI is InChI=1S/C19H18O2S/c1-21-19(20)14-15-22-18(17-10-6-3-7-11-17)13-12-16-8-4-2-5-9-16/h2-12H,14-15H2,1H3. The molecule has 0 aliphatic heterocycles. The average molecular weight is 310 g/mol. The van der Waals surface area contributed by atoms with Crippen molar-refractivity contribution in [1.82, 2.24) is 0 Å². The lowest BCUT2D eigenvalue weighted by molar-refractivity contribution is -0.140. The van der Waals surface area contributed by atoms with Crippen LogP contribution in [0.3, 0.4) is 0 Å². The van der Waals surface area contributed by atoms with E-state index >= 15 is 0 Å². The summed E-state index contributed by atoms with van der Waals surface area (Å²) in [6, 6.07) is 20.1. The highest BCUT2D eigenvalue weighted by atomic mass is 32.2. The van der Waals surface area contributed by atoms with Gasteiger partial charge in [-0.2, -0.15) is 0 Å². The minimum Gasteiger partial charge on any atom is -0.469 e. The Kier molecular flexibility index (Phi) is 6.56. The van der Waals surface area contributed by atoms with Gasteiger partial charge >= 0.3 is 5.97 Å². The summed E-state index contributed by atoms with van der Waals surface area (Å²) >= 11 is 1.61. The molecule has 0 unspecified atom stereocenters. The molecular formula is C19H18O2S. The molecule has 0 aliphatic rings. The Morgan fingerprint density at radius 2 is 1.73 bits per heavy atom. The Bertz CT molecular complexity index is 656. The molecule has 0 N–H and O–H groups in total. The van der Waals surface area contributed by atoms with Crippen LogP contribution in [0.25, 0.3) is 11.0 Å². The zero-order valence-electron chi connectivity index (χ0n) is 12.5. The Hall–Kier alpha value is -2.22. The van der Waals surface area contributed by atoms with E-state index in [1.165, 1.54) is 7.11 Å². The normalized spacial score (nSPS) is 9.68. The Morgan fingerprint density at radius 1 is 1.09 bits per heavy atom. The zero-order chi connectivity index (χ0) is 15.6. The highest BCUT2D eigenvalue weighted by Crippen LogP contribution is 2.27.